The molecule has 3 rings (SSSR count). The summed E-state index contributed by atoms with van der Waals surface area (Å²) in [5.41, 5.74) is 2.22. The number of fused-ring (bicyclic) bond motifs is 1. The summed E-state index contributed by atoms with van der Waals surface area (Å²) >= 11 is 0. The van der Waals surface area contributed by atoms with E-state index < -0.39 is 5.97 Å². The summed E-state index contributed by atoms with van der Waals surface area (Å²) in [5, 5.41) is 13.0. The number of hydrogen-bond acceptors (Lipinski definition) is 4. The Balaban J connectivity index is 2.06. The number of benzene rings is 1. The maximum atomic E-state index is 11.0. The van der Waals surface area contributed by atoms with Crippen molar-refractivity contribution in [1.82, 2.24) is 14.6 Å². The van der Waals surface area contributed by atoms with E-state index in [1.165, 1.54) is 10.7 Å². The van der Waals surface area contributed by atoms with Gasteiger partial charge in [0, 0.05) is 18.0 Å². The Bertz CT molecular complexity index is 778. The molecular weight excluding hydrogens is 258 g/mol. The molecule has 0 fully saturated rings. The molecule has 20 heavy (non-hydrogen) atoms. The minimum atomic E-state index is -1.04. The van der Waals surface area contributed by atoms with Gasteiger partial charge in [0.05, 0.1) is 13.3 Å². The van der Waals surface area contributed by atoms with Crippen molar-refractivity contribution in [2.45, 2.75) is 0 Å². The summed E-state index contributed by atoms with van der Waals surface area (Å²) in [6.45, 7) is 0. The van der Waals surface area contributed by atoms with Crippen molar-refractivity contribution in [3.63, 3.8) is 0 Å². The van der Waals surface area contributed by atoms with Crippen LogP contribution in [0.25, 0.3) is 16.8 Å². The Morgan fingerprint density at radius 3 is 2.60 bits per heavy atom. The number of rotatable bonds is 3. The fourth-order valence-corrected chi connectivity index (χ4v) is 1.96. The number of ether oxygens (including phenoxy) is 1. The van der Waals surface area contributed by atoms with Gasteiger partial charge in [-0.05, 0) is 17.7 Å². The van der Waals surface area contributed by atoms with Crippen molar-refractivity contribution in [3.8, 4) is 16.9 Å². The van der Waals surface area contributed by atoms with Crippen LogP contribution in [-0.2, 0) is 0 Å². The number of aromatic carboxylic acids is 1. The first-order valence-corrected chi connectivity index (χ1v) is 5.90. The first-order chi connectivity index (χ1) is 9.69. The predicted molar refractivity (Wildman–Crippen MR) is 71.9 cm³/mol. The van der Waals surface area contributed by atoms with Gasteiger partial charge in [0.2, 0.25) is 0 Å². The highest BCUT2D eigenvalue weighted by Crippen LogP contribution is 2.22. The molecule has 0 saturated heterocycles. The van der Waals surface area contributed by atoms with E-state index in [9.17, 15) is 4.79 Å². The molecule has 0 atom stereocenters. The molecule has 0 aliphatic carbocycles. The maximum absolute atomic E-state index is 11.0. The van der Waals surface area contributed by atoms with Gasteiger partial charge in [-0.2, -0.15) is 5.10 Å². The molecule has 2 aromatic heterocycles. The van der Waals surface area contributed by atoms with Crippen LogP contribution in [0.4, 0.5) is 0 Å². The van der Waals surface area contributed by atoms with Crippen LogP contribution in [0.3, 0.4) is 0 Å². The monoisotopic (exact) mass is 269 g/mol. The van der Waals surface area contributed by atoms with E-state index in [2.05, 4.69) is 10.1 Å². The van der Waals surface area contributed by atoms with Crippen LogP contribution >= 0.6 is 0 Å². The zero-order chi connectivity index (χ0) is 14.1. The van der Waals surface area contributed by atoms with E-state index in [0.29, 0.717) is 5.65 Å². The van der Waals surface area contributed by atoms with Crippen LogP contribution in [-0.4, -0.2) is 32.8 Å². The van der Waals surface area contributed by atoms with E-state index in [0.717, 1.165) is 16.9 Å². The molecule has 3 aromatic rings. The zero-order valence-corrected chi connectivity index (χ0v) is 10.6. The van der Waals surface area contributed by atoms with E-state index in [1.807, 2.05) is 24.3 Å². The van der Waals surface area contributed by atoms with Gasteiger partial charge in [-0.25, -0.2) is 14.3 Å². The molecule has 0 aliphatic rings. The van der Waals surface area contributed by atoms with Gasteiger partial charge in [0.25, 0.3) is 0 Å². The lowest BCUT2D eigenvalue weighted by molar-refractivity contribution is 0.0698. The van der Waals surface area contributed by atoms with Crippen molar-refractivity contribution < 1.29 is 14.6 Å². The van der Waals surface area contributed by atoms with Crippen molar-refractivity contribution in [3.05, 3.63) is 48.4 Å². The summed E-state index contributed by atoms with van der Waals surface area (Å²) in [6, 6.07) is 7.52. The highest BCUT2D eigenvalue weighted by Gasteiger charge is 2.12. The van der Waals surface area contributed by atoms with Crippen LogP contribution in [0.2, 0.25) is 0 Å². The third-order valence-electron chi connectivity index (χ3n) is 3.01. The largest absolute Gasteiger partial charge is 0.497 e. The average Bonchev–Trinajstić information content (AvgIpc) is 2.90. The quantitative estimate of drug-likeness (QED) is 0.788. The molecule has 0 aliphatic heterocycles. The molecule has 0 spiro atoms. The van der Waals surface area contributed by atoms with Crippen LogP contribution in [0.5, 0.6) is 5.75 Å². The fraction of sp³-hybridized carbons (Fsp3) is 0.0714. The predicted octanol–water partition coefficient (Wildman–Crippen LogP) is 2.10. The third-order valence-corrected chi connectivity index (χ3v) is 3.01. The van der Waals surface area contributed by atoms with Gasteiger partial charge in [0.1, 0.15) is 11.3 Å². The molecule has 0 amide bonds. The van der Waals surface area contributed by atoms with Crippen LogP contribution in [0, 0.1) is 0 Å². The standard InChI is InChI=1S/C14H11N3O3/c1-20-11-4-2-9(3-5-11)10-6-15-13-12(14(18)19)7-16-17(13)8-10/h2-8H,1H3,(H,18,19). The van der Waals surface area contributed by atoms with E-state index in [4.69, 9.17) is 9.84 Å². The topological polar surface area (TPSA) is 76.7 Å². The minimum absolute atomic E-state index is 0.0891. The molecule has 1 aromatic carbocycles. The van der Waals surface area contributed by atoms with Crippen molar-refractivity contribution in [2.24, 2.45) is 0 Å². The number of carboxylic acids is 1. The minimum Gasteiger partial charge on any atom is -0.497 e. The molecule has 6 nitrogen and oxygen atoms in total. The van der Waals surface area contributed by atoms with E-state index in [1.54, 1.807) is 19.5 Å². The molecule has 1 N–H and O–H groups in total. The normalized spacial score (nSPS) is 10.7. The number of nitrogens with zero attached hydrogens (tertiary/aromatic N) is 3. The van der Waals surface area contributed by atoms with Crippen LogP contribution in [0.1, 0.15) is 10.4 Å². The molecular formula is C14H11N3O3. The first-order valence-electron chi connectivity index (χ1n) is 5.90. The van der Waals surface area contributed by atoms with Crippen molar-refractivity contribution >= 4 is 11.6 Å². The highest BCUT2D eigenvalue weighted by atomic mass is 16.5. The number of carbonyl (C=O) groups is 1. The van der Waals surface area contributed by atoms with Gasteiger partial charge in [-0.1, -0.05) is 12.1 Å². The molecule has 0 unspecified atom stereocenters. The first kappa shape index (κ1) is 12.2. The molecule has 100 valence electrons. The lowest BCUT2D eigenvalue weighted by atomic mass is 10.1. The van der Waals surface area contributed by atoms with Gasteiger partial charge in [-0.3, -0.25) is 0 Å². The molecule has 0 bridgehead atoms. The molecule has 0 saturated carbocycles. The SMILES string of the molecule is COc1ccc(-c2cnc3c(C(=O)O)cnn3c2)cc1. The number of carboxylic acid groups (broad SMARTS) is 1. The van der Waals surface area contributed by atoms with Crippen molar-refractivity contribution in [2.75, 3.05) is 7.11 Å². The van der Waals surface area contributed by atoms with E-state index >= 15 is 0 Å². The number of hydrogen-bond donors (Lipinski definition) is 1. The molecule has 6 heteroatoms. The Labute approximate surface area is 114 Å². The zero-order valence-electron chi connectivity index (χ0n) is 10.6. The Kier molecular flexibility index (Phi) is 2.83. The smallest absolute Gasteiger partial charge is 0.341 e. The summed E-state index contributed by atoms with van der Waals surface area (Å²) in [6.07, 6.45) is 4.67. The summed E-state index contributed by atoms with van der Waals surface area (Å²) in [5.74, 6) is -0.264. The van der Waals surface area contributed by atoms with Crippen LogP contribution < -0.4 is 4.74 Å². The maximum Gasteiger partial charge on any atom is 0.341 e. The highest BCUT2D eigenvalue weighted by molar-refractivity contribution is 5.94. The van der Waals surface area contributed by atoms with Gasteiger partial charge in [-0.15, -0.1) is 0 Å². The Morgan fingerprint density at radius 2 is 1.95 bits per heavy atom. The Hall–Kier alpha value is -2.89. The average molecular weight is 269 g/mol. The molecule has 2 heterocycles. The number of aromatic nitrogens is 3. The molecule has 0 radical (unpaired) electrons. The van der Waals surface area contributed by atoms with Gasteiger partial charge in [0.15, 0.2) is 5.65 Å². The lowest BCUT2D eigenvalue weighted by Crippen LogP contribution is -1.98. The fourth-order valence-electron chi connectivity index (χ4n) is 1.96. The van der Waals surface area contributed by atoms with Crippen molar-refractivity contribution in [1.29, 1.82) is 0 Å². The van der Waals surface area contributed by atoms with Gasteiger partial charge >= 0.3 is 5.97 Å². The van der Waals surface area contributed by atoms with E-state index in [-0.39, 0.29) is 5.56 Å². The second kappa shape index (κ2) is 4.65. The second-order valence-corrected chi connectivity index (χ2v) is 4.20. The summed E-state index contributed by atoms with van der Waals surface area (Å²) in [4.78, 5) is 15.2. The number of methoxy groups -OCH3 is 1. The van der Waals surface area contributed by atoms with Gasteiger partial charge < -0.3 is 9.84 Å². The third kappa shape index (κ3) is 1.97. The lowest BCUT2D eigenvalue weighted by Gasteiger charge is -2.04. The summed E-state index contributed by atoms with van der Waals surface area (Å²) in [7, 11) is 1.61. The summed E-state index contributed by atoms with van der Waals surface area (Å²) < 4.78 is 6.57. The van der Waals surface area contributed by atoms with Crippen LogP contribution in [0.15, 0.2) is 42.9 Å². The Morgan fingerprint density at radius 1 is 1.20 bits per heavy atom. The second-order valence-electron chi connectivity index (χ2n) is 4.20.